The smallest absolute Gasteiger partial charge is 0.166 e. The molecule has 1 aliphatic rings. The van der Waals surface area contributed by atoms with Crippen molar-refractivity contribution in [2.24, 2.45) is 0 Å². The maximum absolute atomic E-state index is 11.7. The maximum Gasteiger partial charge on any atom is 0.166 e. The molecule has 1 atom stereocenters. The maximum atomic E-state index is 11.7. The average Bonchev–Trinajstić information content (AvgIpc) is 2.41. The first-order valence-electron chi connectivity index (χ1n) is 5.22. The Morgan fingerprint density at radius 1 is 1.33 bits per heavy atom. The van der Waals surface area contributed by atoms with Crippen LogP contribution in [0.5, 0.6) is 0 Å². The molecule has 0 spiro atoms. The highest BCUT2D eigenvalue weighted by Gasteiger charge is 2.18. The van der Waals surface area contributed by atoms with Crippen LogP contribution in [0.25, 0.3) is 0 Å². The van der Waals surface area contributed by atoms with E-state index in [1.54, 1.807) is 0 Å². The number of aliphatic hydroxyl groups is 1. The zero-order valence-corrected chi connectivity index (χ0v) is 8.52. The van der Waals surface area contributed by atoms with E-state index in [1.165, 1.54) is 0 Å². The second kappa shape index (κ2) is 4.41. The lowest BCUT2D eigenvalue weighted by Crippen LogP contribution is -2.04. The first-order valence-corrected chi connectivity index (χ1v) is 5.22. The minimum Gasteiger partial charge on any atom is -0.396 e. The molecule has 15 heavy (non-hydrogen) atoms. The molecule has 0 unspecified atom stereocenters. The van der Waals surface area contributed by atoms with Gasteiger partial charge in [0.05, 0.1) is 0 Å². The Labute approximate surface area is 89.2 Å². The standard InChI is InChI=1S/C13H14O2/c14-9-8-10-4-3-7-13(15)12-6-2-1-5-11(10)12/h1-6,10,14H,7-9H2/t10-/m1/s1. The normalized spacial score (nSPS) is 19.8. The predicted molar refractivity (Wildman–Crippen MR) is 59.0 cm³/mol. The van der Waals surface area contributed by atoms with Crippen molar-refractivity contribution < 1.29 is 9.90 Å². The topological polar surface area (TPSA) is 37.3 Å². The molecule has 1 aromatic carbocycles. The number of benzene rings is 1. The summed E-state index contributed by atoms with van der Waals surface area (Å²) in [6, 6.07) is 7.67. The lowest BCUT2D eigenvalue weighted by atomic mass is 9.92. The number of aliphatic hydroxyl groups excluding tert-OH is 1. The predicted octanol–water partition coefficient (Wildman–Crippen LogP) is 2.30. The van der Waals surface area contributed by atoms with Gasteiger partial charge in [0.1, 0.15) is 0 Å². The van der Waals surface area contributed by atoms with E-state index in [0.29, 0.717) is 12.8 Å². The molecule has 0 saturated carbocycles. The number of hydrogen-bond acceptors (Lipinski definition) is 2. The number of Topliss-reactive ketones (excluding diaryl/α,β-unsaturated/α-hetero) is 1. The van der Waals surface area contributed by atoms with Gasteiger partial charge < -0.3 is 5.11 Å². The number of allylic oxidation sites excluding steroid dienone is 2. The molecule has 2 nitrogen and oxygen atoms in total. The van der Waals surface area contributed by atoms with Crippen LogP contribution in [0.4, 0.5) is 0 Å². The Bertz CT molecular complexity index is 393. The number of fused-ring (bicyclic) bond motifs is 1. The van der Waals surface area contributed by atoms with Gasteiger partial charge in [0.2, 0.25) is 0 Å². The number of carbonyl (C=O) groups excluding carboxylic acids is 1. The fourth-order valence-corrected chi connectivity index (χ4v) is 2.02. The SMILES string of the molecule is O=C1CC=C[C@H](CCO)c2ccccc21. The van der Waals surface area contributed by atoms with Crippen molar-refractivity contribution in [3.8, 4) is 0 Å². The summed E-state index contributed by atoms with van der Waals surface area (Å²) >= 11 is 0. The van der Waals surface area contributed by atoms with Crippen molar-refractivity contribution in [1.82, 2.24) is 0 Å². The van der Waals surface area contributed by atoms with E-state index in [0.717, 1.165) is 11.1 Å². The van der Waals surface area contributed by atoms with Crippen LogP contribution < -0.4 is 0 Å². The Morgan fingerprint density at radius 2 is 2.13 bits per heavy atom. The molecule has 0 radical (unpaired) electrons. The molecule has 0 aliphatic heterocycles. The van der Waals surface area contributed by atoms with Crippen molar-refractivity contribution >= 4 is 5.78 Å². The quantitative estimate of drug-likeness (QED) is 0.747. The van der Waals surface area contributed by atoms with E-state index in [9.17, 15) is 4.79 Å². The molecule has 0 amide bonds. The van der Waals surface area contributed by atoms with Crippen LogP contribution in [0, 0.1) is 0 Å². The first-order chi connectivity index (χ1) is 7.33. The molecule has 78 valence electrons. The fourth-order valence-electron chi connectivity index (χ4n) is 2.02. The zero-order valence-electron chi connectivity index (χ0n) is 8.52. The van der Waals surface area contributed by atoms with Gasteiger partial charge in [-0.2, -0.15) is 0 Å². The minimum absolute atomic E-state index is 0.150. The van der Waals surface area contributed by atoms with Gasteiger partial charge in [-0.05, 0) is 12.0 Å². The van der Waals surface area contributed by atoms with Crippen molar-refractivity contribution in [3.63, 3.8) is 0 Å². The third kappa shape index (κ3) is 2.00. The van der Waals surface area contributed by atoms with Crippen LogP contribution in [0.3, 0.4) is 0 Å². The minimum atomic E-state index is 0.150. The number of ketones is 1. The molecule has 0 aromatic heterocycles. The Hall–Kier alpha value is -1.41. The summed E-state index contributed by atoms with van der Waals surface area (Å²) in [5, 5.41) is 8.98. The summed E-state index contributed by atoms with van der Waals surface area (Å²) in [7, 11) is 0. The monoisotopic (exact) mass is 202 g/mol. The van der Waals surface area contributed by atoms with Gasteiger partial charge in [-0.15, -0.1) is 0 Å². The molecule has 1 N–H and O–H groups in total. The van der Waals surface area contributed by atoms with Crippen LogP contribution in [0.15, 0.2) is 36.4 Å². The zero-order chi connectivity index (χ0) is 10.7. The van der Waals surface area contributed by atoms with Crippen molar-refractivity contribution in [1.29, 1.82) is 0 Å². The Balaban J connectivity index is 2.44. The Morgan fingerprint density at radius 3 is 2.93 bits per heavy atom. The fraction of sp³-hybridized carbons (Fsp3) is 0.308. The molecular formula is C13H14O2. The summed E-state index contributed by atoms with van der Waals surface area (Å²) in [6.07, 6.45) is 5.09. The molecule has 2 heteroatoms. The van der Waals surface area contributed by atoms with E-state index in [2.05, 4.69) is 0 Å². The number of hydrogen-bond donors (Lipinski definition) is 1. The van der Waals surface area contributed by atoms with Crippen molar-refractivity contribution in [2.75, 3.05) is 6.61 Å². The largest absolute Gasteiger partial charge is 0.396 e. The summed E-state index contributed by atoms with van der Waals surface area (Å²) < 4.78 is 0. The van der Waals surface area contributed by atoms with Crippen molar-refractivity contribution in [3.05, 3.63) is 47.5 Å². The summed E-state index contributed by atoms with van der Waals surface area (Å²) in [5.41, 5.74) is 1.85. The van der Waals surface area contributed by atoms with Gasteiger partial charge >= 0.3 is 0 Å². The highest BCUT2D eigenvalue weighted by molar-refractivity contribution is 5.99. The van der Waals surface area contributed by atoms with E-state index in [-0.39, 0.29) is 18.3 Å². The molecule has 0 fully saturated rings. The third-order valence-corrected chi connectivity index (χ3v) is 2.77. The number of carbonyl (C=O) groups is 1. The van der Waals surface area contributed by atoms with Gasteiger partial charge in [0, 0.05) is 24.5 Å². The van der Waals surface area contributed by atoms with Crippen LogP contribution in [-0.2, 0) is 0 Å². The van der Waals surface area contributed by atoms with Gasteiger partial charge in [-0.3, -0.25) is 4.79 Å². The molecular weight excluding hydrogens is 188 g/mol. The first kappa shape index (κ1) is 10.1. The van der Waals surface area contributed by atoms with Crippen molar-refractivity contribution in [2.45, 2.75) is 18.8 Å². The molecule has 1 aliphatic carbocycles. The van der Waals surface area contributed by atoms with E-state index >= 15 is 0 Å². The van der Waals surface area contributed by atoms with E-state index in [4.69, 9.17) is 5.11 Å². The molecule has 2 rings (SSSR count). The highest BCUT2D eigenvalue weighted by atomic mass is 16.3. The Kier molecular flexibility index (Phi) is 2.97. The second-order valence-electron chi connectivity index (χ2n) is 3.76. The molecule has 1 aromatic rings. The summed E-state index contributed by atoms with van der Waals surface area (Å²) in [6.45, 7) is 0.150. The van der Waals surface area contributed by atoms with Gasteiger partial charge in [-0.25, -0.2) is 0 Å². The molecule has 0 heterocycles. The van der Waals surface area contributed by atoms with Crippen LogP contribution in [0.1, 0.15) is 34.7 Å². The second-order valence-corrected chi connectivity index (χ2v) is 3.76. The summed E-state index contributed by atoms with van der Waals surface area (Å²) in [5.74, 6) is 0.347. The van der Waals surface area contributed by atoms with Gasteiger partial charge in [0.15, 0.2) is 5.78 Å². The van der Waals surface area contributed by atoms with Gasteiger partial charge in [-0.1, -0.05) is 36.4 Å². The average molecular weight is 202 g/mol. The van der Waals surface area contributed by atoms with Crippen LogP contribution in [0.2, 0.25) is 0 Å². The van der Waals surface area contributed by atoms with E-state index < -0.39 is 0 Å². The molecule has 0 bridgehead atoms. The number of rotatable bonds is 2. The van der Waals surface area contributed by atoms with Gasteiger partial charge in [0.25, 0.3) is 0 Å². The van der Waals surface area contributed by atoms with E-state index in [1.807, 2.05) is 36.4 Å². The lowest BCUT2D eigenvalue weighted by Gasteiger charge is -2.13. The lowest BCUT2D eigenvalue weighted by molar-refractivity contribution is 0.0995. The highest BCUT2D eigenvalue weighted by Crippen LogP contribution is 2.28. The third-order valence-electron chi connectivity index (χ3n) is 2.77. The van der Waals surface area contributed by atoms with Crippen LogP contribution >= 0.6 is 0 Å². The molecule has 0 saturated heterocycles. The summed E-state index contributed by atoms with van der Waals surface area (Å²) in [4.78, 5) is 11.7. The van der Waals surface area contributed by atoms with Crippen LogP contribution in [-0.4, -0.2) is 17.5 Å².